The number of aryl methyl sites for hydroxylation is 4. The molecule has 0 aliphatic heterocycles. The number of hydrogen-bond acceptors (Lipinski definition) is 2. The van der Waals surface area contributed by atoms with Gasteiger partial charge in [-0.1, -0.05) is 131 Å². The maximum Gasteiger partial charge on any atom is 0.0962 e. The highest BCUT2D eigenvalue weighted by molar-refractivity contribution is 6.18. The zero-order valence-corrected chi connectivity index (χ0v) is 41.5. The van der Waals surface area contributed by atoms with Crippen molar-refractivity contribution >= 4 is 87.2 Å². The van der Waals surface area contributed by atoms with Gasteiger partial charge in [0.1, 0.15) is 0 Å². The molecule has 0 amide bonds. The highest BCUT2D eigenvalue weighted by atomic mass is 15.1. The van der Waals surface area contributed by atoms with E-state index >= 15 is 0 Å². The maximum atomic E-state index is 5.48. The van der Waals surface area contributed by atoms with E-state index < -0.39 is 0 Å². The second kappa shape index (κ2) is 16.0. The van der Waals surface area contributed by atoms with Crippen molar-refractivity contribution in [2.45, 2.75) is 27.7 Å². The molecule has 0 aliphatic carbocycles. The quantitative estimate of drug-likeness (QED) is 0.167. The molecular weight excluding hydrogens is 901 g/mol. The molecule has 6 heteroatoms. The Labute approximate surface area is 427 Å². The Bertz CT molecular complexity index is 4630. The van der Waals surface area contributed by atoms with Gasteiger partial charge in [-0.05, 0) is 119 Å². The SMILES string of the molecule is Cc1ccc2c(c1)c1ccccc1n2-c1c(-c2cccnc2)c(-n2c3ccccc3c3cc(C)ccc32)c(-n2c3ccccc3c3cc(C)ccc32)c(-n2c3ccccc3c3cc(C)ccc32)c1-c1ccccn1. The maximum absolute atomic E-state index is 5.48. The van der Waals surface area contributed by atoms with Gasteiger partial charge in [-0.25, -0.2) is 0 Å². The van der Waals surface area contributed by atoms with Crippen molar-refractivity contribution in [1.82, 2.24) is 28.2 Å². The molecule has 6 heterocycles. The Hall–Kier alpha value is -9.52. The van der Waals surface area contributed by atoms with Gasteiger partial charge in [0, 0.05) is 72.8 Å². The van der Waals surface area contributed by atoms with Crippen LogP contribution in [0.3, 0.4) is 0 Å². The lowest BCUT2D eigenvalue weighted by atomic mass is 9.91. The van der Waals surface area contributed by atoms with E-state index in [1.165, 1.54) is 65.3 Å². The van der Waals surface area contributed by atoms with E-state index in [1.54, 1.807) is 0 Å². The van der Waals surface area contributed by atoms with Crippen LogP contribution in [0, 0.1) is 27.7 Å². The third-order valence-corrected chi connectivity index (χ3v) is 15.5. The summed E-state index contributed by atoms with van der Waals surface area (Å²) in [4.78, 5) is 10.5. The van der Waals surface area contributed by atoms with Gasteiger partial charge in [0.2, 0.25) is 0 Å². The Morgan fingerprint density at radius 3 is 1.04 bits per heavy atom. The van der Waals surface area contributed by atoms with Crippen LogP contribution in [0.15, 0.2) is 219 Å². The molecule has 15 aromatic rings. The molecule has 6 nitrogen and oxygen atoms in total. The molecule has 0 atom stereocenters. The molecule has 0 fully saturated rings. The van der Waals surface area contributed by atoms with E-state index in [1.807, 2.05) is 18.5 Å². The van der Waals surface area contributed by atoms with Crippen LogP contribution in [-0.4, -0.2) is 28.2 Å². The summed E-state index contributed by atoms with van der Waals surface area (Å²) < 4.78 is 10.2. The van der Waals surface area contributed by atoms with Crippen molar-refractivity contribution < 1.29 is 0 Å². The highest BCUT2D eigenvalue weighted by Crippen LogP contribution is 2.54. The number of pyridine rings is 2. The first kappa shape index (κ1) is 42.2. The Balaban J connectivity index is 1.35. The van der Waals surface area contributed by atoms with Crippen LogP contribution in [0.25, 0.3) is 132 Å². The van der Waals surface area contributed by atoms with Crippen LogP contribution in [0.5, 0.6) is 0 Å². The van der Waals surface area contributed by atoms with Crippen LogP contribution < -0.4 is 0 Å². The molecule has 0 spiro atoms. The fourth-order valence-corrected chi connectivity index (χ4v) is 12.4. The number of para-hydroxylation sites is 4. The average Bonchev–Trinajstić information content (AvgIpc) is 4.15. The Morgan fingerprint density at radius 1 is 0.284 bits per heavy atom. The summed E-state index contributed by atoms with van der Waals surface area (Å²) in [5.74, 6) is 0. The lowest BCUT2D eigenvalue weighted by Gasteiger charge is -2.31. The van der Waals surface area contributed by atoms with Crippen molar-refractivity contribution in [1.29, 1.82) is 0 Å². The predicted octanol–water partition coefficient (Wildman–Crippen LogP) is 17.4. The number of benzene rings is 9. The zero-order valence-electron chi connectivity index (χ0n) is 41.5. The lowest BCUT2D eigenvalue weighted by molar-refractivity contribution is 1.04. The van der Waals surface area contributed by atoms with E-state index in [0.717, 1.165) is 89.3 Å². The summed E-state index contributed by atoms with van der Waals surface area (Å²) in [6.45, 7) is 8.79. The third-order valence-electron chi connectivity index (χ3n) is 15.5. The van der Waals surface area contributed by atoms with Crippen LogP contribution in [-0.2, 0) is 0 Å². The van der Waals surface area contributed by atoms with Gasteiger partial charge in [0.15, 0.2) is 0 Å². The Kier molecular flexibility index (Phi) is 9.12. The average molecular weight is 949 g/mol. The number of nitrogens with zero attached hydrogens (tertiary/aromatic N) is 6. The highest BCUT2D eigenvalue weighted by Gasteiger charge is 2.36. The smallest absolute Gasteiger partial charge is 0.0962 e. The predicted molar refractivity (Wildman–Crippen MR) is 309 cm³/mol. The third kappa shape index (κ3) is 5.99. The minimum absolute atomic E-state index is 0.848. The largest absolute Gasteiger partial charge is 0.308 e. The minimum Gasteiger partial charge on any atom is -0.308 e. The normalized spacial score (nSPS) is 12.1. The van der Waals surface area contributed by atoms with Gasteiger partial charge in [-0.15, -0.1) is 0 Å². The Morgan fingerprint density at radius 2 is 0.649 bits per heavy atom. The first-order chi connectivity index (χ1) is 36.4. The fraction of sp³-hybridized carbons (Fsp3) is 0.0588. The van der Waals surface area contributed by atoms with Crippen molar-refractivity contribution in [3.05, 3.63) is 241 Å². The molecule has 0 unspecified atom stereocenters. The molecule has 0 saturated heterocycles. The standard InChI is InChI=1S/C68H48N6/c1-41-26-30-59-50(36-41)46-17-5-9-22-55(46)71(59)65-63(45-16-15-34-69-40-45)66(72-56-23-10-6-18-47(56)51-37-42(2)27-31-60(51)72)68(74-58-25-12-8-20-49(58)53-39-44(4)29-33-62(53)74)67(64(65)54-21-13-14-35-70-54)73-57-24-11-7-19-48(57)52-38-43(3)28-32-61(52)73/h5-40H,1-4H3. The second-order valence-electron chi connectivity index (χ2n) is 20.1. The molecule has 0 radical (unpaired) electrons. The van der Waals surface area contributed by atoms with E-state index in [0.29, 0.717) is 0 Å². The van der Waals surface area contributed by atoms with Gasteiger partial charge < -0.3 is 18.3 Å². The molecule has 15 rings (SSSR count). The van der Waals surface area contributed by atoms with E-state index in [9.17, 15) is 0 Å². The van der Waals surface area contributed by atoms with Crippen molar-refractivity contribution in [2.75, 3.05) is 0 Å². The topological polar surface area (TPSA) is 45.5 Å². The summed E-state index contributed by atoms with van der Waals surface area (Å²) >= 11 is 0. The zero-order chi connectivity index (χ0) is 49.3. The molecule has 0 N–H and O–H groups in total. The molecule has 74 heavy (non-hydrogen) atoms. The summed E-state index contributed by atoms with van der Waals surface area (Å²) in [6, 6.07) is 74.2. The van der Waals surface area contributed by atoms with Crippen LogP contribution >= 0.6 is 0 Å². The molecule has 0 aliphatic rings. The minimum atomic E-state index is 0.848. The summed E-state index contributed by atoms with van der Waals surface area (Å²) in [5, 5.41) is 9.49. The first-order valence-electron chi connectivity index (χ1n) is 25.5. The van der Waals surface area contributed by atoms with E-state index in [-0.39, 0.29) is 0 Å². The number of fused-ring (bicyclic) bond motifs is 12. The van der Waals surface area contributed by atoms with E-state index in [2.05, 4.69) is 246 Å². The molecule has 6 aromatic heterocycles. The van der Waals surface area contributed by atoms with E-state index in [4.69, 9.17) is 9.97 Å². The molecule has 350 valence electrons. The monoisotopic (exact) mass is 948 g/mol. The van der Waals surface area contributed by atoms with Crippen molar-refractivity contribution in [3.63, 3.8) is 0 Å². The summed E-state index contributed by atoms with van der Waals surface area (Å²) in [6.07, 6.45) is 5.89. The van der Waals surface area contributed by atoms with Crippen LogP contribution in [0.2, 0.25) is 0 Å². The molecule has 0 saturated carbocycles. The van der Waals surface area contributed by atoms with Gasteiger partial charge >= 0.3 is 0 Å². The molecule has 9 aromatic carbocycles. The summed E-state index contributed by atoms with van der Waals surface area (Å²) in [7, 11) is 0. The van der Waals surface area contributed by atoms with Gasteiger partial charge in [0.05, 0.1) is 78.1 Å². The van der Waals surface area contributed by atoms with Gasteiger partial charge in [-0.2, -0.15) is 0 Å². The molecular formula is C68H48N6. The summed E-state index contributed by atoms with van der Waals surface area (Å²) in [5.41, 5.74) is 21.6. The number of hydrogen-bond donors (Lipinski definition) is 0. The van der Waals surface area contributed by atoms with Gasteiger partial charge in [0.25, 0.3) is 0 Å². The molecule has 0 bridgehead atoms. The lowest BCUT2D eigenvalue weighted by Crippen LogP contribution is -2.16. The fourth-order valence-electron chi connectivity index (χ4n) is 12.4. The van der Waals surface area contributed by atoms with Crippen molar-refractivity contribution in [2.24, 2.45) is 0 Å². The van der Waals surface area contributed by atoms with Crippen molar-refractivity contribution in [3.8, 4) is 45.1 Å². The van der Waals surface area contributed by atoms with Crippen LogP contribution in [0.1, 0.15) is 22.3 Å². The second-order valence-corrected chi connectivity index (χ2v) is 20.1. The van der Waals surface area contributed by atoms with Gasteiger partial charge in [-0.3, -0.25) is 9.97 Å². The number of aromatic nitrogens is 6. The number of rotatable bonds is 6. The first-order valence-corrected chi connectivity index (χ1v) is 25.5. The van der Waals surface area contributed by atoms with Crippen LogP contribution in [0.4, 0.5) is 0 Å².